The average molecular weight is 316 g/mol. The van der Waals surface area contributed by atoms with Crippen LogP contribution in [0.5, 0.6) is 0 Å². The number of nitrogens with zero attached hydrogens (tertiary/aromatic N) is 1. The fourth-order valence-electron chi connectivity index (χ4n) is 3.11. The lowest BCUT2D eigenvalue weighted by molar-refractivity contribution is -0.132. The van der Waals surface area contributed by atoms with Crippen molar-refractivity contribution in [3.63, 3.8) is 0 Å². The number of rotatable bonds is 7. The SMILES string of the molecule is CCCc1ccc(C(=O)CCC(=O)N2CCCC(NC)C2)cc1. The third kappa shape index (κ3) is 5.17. The molecule has 1 N–H and O–H groups in total. The van der Waals surface area contributed by atoms with Gasteiger partial charge in [-0.3, -0.25) is 9.59 Å². The molecule has 4 heteroatoms. The number of piperidine rings is 1. The van der Waals surface area contributed by atoms with Crippen LogP contribution in [0, 0.1) is 0 Å². The topological polar surface area (TPSA) is 49.4 Å². The van der Waals surface area contributed by atoms with E-state index in [2.05, 4.69) is 12.2 Å². The fourth-order valence-corrected chi connectivity index (χ4v) is 3.11. The van der Waals surface area contributed by atoms with Gasteiger partial charge in [-0.05, 0) is 31.9 Å². The smallest absolute Gasteiger partial charge is 0.223 e. The Morgan fingerprint density at radius 3 is 2.61 bits per heavy atom. The summed E-state index contributed by atoms with van der Waals surface area (Å²) in [6.45, 7) is 3.72. The first-order chi connectivity index (χ1) is 11.1. The van der Waals surface area contributed by atoms with E-state index in [0.29, 0.717) is 24.4 Å². The van der Waals surface area contributed by atoms with Crippen LogP contribution in [0.4, 0.5) is 0 Å². The Balaban J connectivity index is 1.82. The molecular formula is C19H28N2O2. The molecule has 1 fully saturated rings. The van der Waals surface area contributed by atoms with Crippen molar-refractivity contribution in [2.24, 2.45) is 0 Å². The van der Waals surface area contributed by atoms with Crippen molar-refractivity contribution in [2.45, 2.75) is 51.5 Å². The number of aryl methyl sites for hydroxylation is 1. The summed E-state index contributed by atoms with van der Waals surface area (Å²) < 4.78 is 0. The highest BCUT2D eigenvalue weighted by Crippen LogP contribution is 2.14. The van der Waals surface area contributed by atoms with Crippen LogP contribution in [-0.2, 0) is 11.2 Å². The Kier molecular flexibility index (Phi) is 6.78. The summed E-state index contributed by atoms with van der Waals surface area (Å²) in [5.74, 6) is 0.157. The van der Waals surface area contributed by atoms with E-state index in [0.717, 1.165) is 38.8 Å². The molecule has 126 valence electrons. The first kappa shape index (κ1) is 17.7. The van der Waals surface area contributed by atoms with Gasteiger partial charge >= 0.3 is 0 Å². The Hall–Kier alpha value is -1.68. The lowest BCUT2D eigenvalue weighted by Crippen LogP contribution is -2.47. The molecule has 1 aromatic rings. The summed E-state index contributed by atoms with van der Waals surface area (Å²) in [6.07, 6.45) is 4.89. The Morgan fingerprint density at radius 2 is 1.96 bits per heavy atom. The van der Waals surface area contributed by atoms with E-state index in [9.17, 15) is 9.59 Å². The van der Waals surface area contributed by atoms with Gasteiger partial charge in [-0.15, -0.1) is 0 Å². The number of likely N-dealkylation sites (tertiary alicyclic amines) is 1. The second-order valence-corrected chi connectivity index (χ2v) is 6.34. The molecule has 1 atom stereocenters. The molecule has 0 aromatic heterocycles. The summed E-state index contributed by atoms with van der Waals surface area (Å²) in [5, 5.41) is 3.23. The van der Waals surface area contributed by atoms with E-state index in [1.54, 1.807) is 0 Å². The largest absolute Gasteiger partial charge is 0.341 e. The normalized spacial score (nSPS) is 18.0. The summed E-state index contributed by atoms with van der Waals surface area (Å²) in [6, 6.07) is 8.18. The van der Waals surface area contributed by atoms with Crippen molar-refractivity contribution >= 4 is 11.7 Å². The van der Waals surface area contributed by atoms with Gasteiger partial charge in [0.25, 0.3) is 0 Å². The minimum Gasteiger partial charge on any atom is -0.341 e. The lowest BCUT2D eigenvalue weighted by Gasteiger charge is -2.32. The van der Waals surface area contributed by atoms with E-state index in [4.69, 9.17) is 0 Å². The lowest BCUT2D eigenvalue weighted by atomic mass is 10.0. The summed E-state index contributed by atoms with van der Waals surface area (Å²) >= 11 is 0. The van der Waals surface area contributed by atoms with Crippen LogP contribution in [0.25, 0.3) is 0 Å². The molecule has 23 heavy (non-hydrogen) atoms. The van der Waals surface area contributed by atoms with Crippen molar-refractivity contribution in [1.29, 1.82) is 0 Å². The van der Waals surface area contributed by atoms with E-state index in [-0.39, 0.29) is 11.7 Å². The number of hydrogen-bond acceptors (Lipinski definition) is 3. The highest BCUT2D eigenvalue weighted by molar-refractivity contribution is 5.98. The number of likely N-dealkylation sites (N-methyl/N-ethyl adjacent to an activating group) is 1. The number of carbonyl (C=O) groups is 2. The molecule has 0 saturated carbocycles. The molecule has 1 aromatic carbocycles. The predicted octanol–water partition coefficient (Wildman–Crippen LogP) is 2.81. The molecule has 1 unspecified atom stereocenters. The number of benzene rings is 1. The molecular weight excluding hydrogens is 288 g/mol. The molecule has 4 nitrogen and oxygen atoms in total. The van der Waals surface area contributed by atoms with Crippen molar-refractivity contribution in [3.05, 3.63) is 35.4 Å². The summed E-state index contributed by atoms with van der Waals surface area (Å²) in [5.41, 5.74) is 1.97. The molecule has 1 aliphatic heterocycles. The van der Waals surface area contributed by atoms with Crippen molar-refractivity contribution in [2.75, 3.05) is 20.1 Å². The zero-order valence-corrected chi connectivity index (χ0v) is 14.3. The molecule has 1 amide bonds. The van der Waals surface area contributed by atoms with Gasteiger partial charge in [-0.1, -0.05) is 37.6 Å². The number of amides is 1. The maximum Gasteiger partial charge on any atom is 0.223 e. The number of Topliss-reactive ketones (excluding diaryl/α,β-unsaturated/α-hetero) is 1. The van der Waals surface area contributed by atoms with Crippen molar-refractivity contribution in [3.8, 4) is 0 Å². The van der Waals surface area contributed by atoms with E-state index in [1.165, 1.54) is 5.56 Å². The molecule has 1 aliphatic rings. The van der Waals surface area contributed by atoms with Gasteiger partial charge in [-0.2, -0.15) is 0 Å². The van der Waals surface area contributed by atoms with Gasteiger partial charge in [0.05, 0.1) is 0 Å². The molecule has 0 bridgehead atoms. The minimum absolute atomic E-state index is 0.0589. The van der Waals surface area contributed by atoms with Crippen molar-refractivity contribution in [1.82, 2.24) is 10.2 Å². The zero-order valence-electron chi connectivity index (χ0n) is 14.3. The van der Waals surface area contributed by atoms with Crippen LogP contribution in [0.15, 0.2) is 24.3 Å². The fraction of sp³-hybridized carbons (Fsp3) is 0.579. The molecule has 0 radical (unpaired) electrons. The Morgan fingerprint density at radius 1 is 1.22 bits per heavy atom. The second-order valence-electron chi connectivity index (χ2n) is 6.34. The highest BCUT2D eigenvalue weighted by atomic mass is 16.2. The zero-order chi connectivity index (χ0) is 16.7. The second kappa shape index (κ2) is 8.82. The monoisotopic (exact) mass is 316 g/mol. The molecule has 1 saturated heterocycles. The molecule has 0 spiro atoms. The first-order valence-electron chi connectivity index (χ1n) is 8.71. The first-order valence-corrected chi connectivity index (χ1v) is 8.71. The van der Waals surface area contributed by atoms with Crippen LogP contribution in [0.1, 0.15) is 54.9 Å². The van der Waals surface area contributed by atoms with Crippen LogP contribution in [0.2, 0.25) is 0 Å². The maximum absolute atomic E-state index is 12.3. The third-order valence-corrected chi connectivity index (χ3v) is 4.56. The van der Waals surface area contributed by atoms with Gasteiger partial charge < -0.3 is 10.2 Å². The van der Waals surface area contributed by atoms with Crippen LogP contribution in [0.3, 0.4) is 0 Å². The predicted molar refractivity (Wildman–Crippen MR) is 92.7 cm³/mol. The minimum atomic E-state index is 0.0589. The number of carbonyl (C=O) groups excluding carboxylic acids is 2. The quantitative estimate of drug-likeness (QED) is 0.787. The van der Waals surface area contributed by atoms with E-state index in [1.807, 2.05) is 36.2 Å². The van der Waals surface area contributed by atoms with Gasteiger partial charge in [-0.25, -0.2) is 0 Å². The average Bonchev–Trinajstić information content (AvgIpc) is 2.60. The summed E-state index contributed by atoms with van der Waals surface area (Å²) in [4.78, 5) is 26.4. The molecule has 0 aliphatic carbocycles. The van der Waals surface area contributed by atoms with E-state index >= 15 is 0 Å². The van der Waals surface area contributed by atoms with Gasteiger partial charge in [0.2, 0.25) is 5.91 Å². The summed E-state index contributed by atoms with van der Waals surface area (Å²) in [7, 11) is 1.93. The van der Waals surface area contributed by atoms with Crippen LogP contribution < -0.4 is 5.32 Å². The third-order valence-electron chi connectivity index (χ3n) is 4.56. The van der Waals surface area contributed by atoms with Crippen LogP contribution >= 0.6 is 0 Å². The molecule has 1 heterocycles. The van der Waals surface area contributed by atoms with Crippen molar-refractivity contribution < 1.29 is 9.59 Å². The van der Waals surface area contributed by atoms with E-state index < -0.39 is 0 Å². The van der Waals surface area contributed by atoms with Gasteiger partial charge in [0.1, 0.15) is 0 Å². The molecule has 2 rings (SSSR count). The number of nitrogens with one attached hydrogen (secondary N) is 1. The van der Waals surface area contributed by atoms with Crippen LogP contribution in [-0.4, -0.2) is 42.8 Å². The number of ketones is 1. The van der Waals surface area contributed by atoms with Gasteiger partial charge in [0.15, 0.2) is 5.78 Å². The standard InChI is InChI=1S/C19H28N2O2/c1-3-5-15-7-9-16(10-8-15)18(22)11-12-19(23)21-13-4-6-17(14-21)20-2/h7-10,17,20H,3-6,11-14H2,1-2H3. The number of hydrogen-bond donors (Lipinski definition) is 1. The Labute approximate surface area is 139 Å². The maximum atomic E-state index is 12.3. The van der Waals surface area contributed by atoms with Gasteiger partial charge in [0, 0.05) is 37.5 Å². The Bertz CT molecular complexity index is 525. The highest BCUT2D eigenvalue weighted by Gasteiger charge is 2.22.